The Bertz CT molecular complexity index is 1770. The topological polar surface area (TPSA) is 162 Å². The van der Waals surface area contributed by atoms with Gasteiger partial charge in [-0.1, -0.05) is 78.9 Å². The van der Waals surface area contributed by atoms with Crippen molar-refractivity contribution >= 4 is 28.8 Å². The molecule has 0 aliphatic heterocycles. The summed E-state index contributed by atoms with van der Waals surface area (Å²) in [5.74, 6) is -1.32. The maximum atomic E-state index is 13.9. The number of para-hydroxylation sites is 1. The molecule has 0 saturated carbocycles. The maximum absolute atomic E-state index is 13.9. The lowest BCUT2D eigenvalue weighted by atomic mass is 9.97. The fourth-order valence-electron chi connectivity index (χ4n) is 4.22. The zero-order valence-electron chi connectivity index (χ0n) is 21.1. The van der Waals surface area contributed by atoms with Crippen LogP contribution in [0.3, 0.4) is 0 Å². The van der Waals surface area contributed by atoms with Gasteiger partial charge in [-0.3, -0.25) is 40.7 Å². The second-order valence-corrected chi connectivity index (χ2v) is 8.68. The summed E-state index contributed by atoms with van der Waals surface area (Å²) in [6.45, 7) is 0. The summed E-state index contributed by atoms with van der Waals surface area (Å²) in [4.78, 5) is 48.5. The van der Waals surface area contributed by atoms with Crippen LogP contribution in [0.4, 0.5) is 17.1 Å². The van der Waals surface area contributed by atoms with Crippen LogP contribution in [0.15, 0.2) is 109 Å². The van der Waals surface area contributed by atoms with E-state index >= 15 is 0 Å². The first-order chi connectivity index (χ1) is 19.8. The molecule has 12 heteroatoms. The molecule has 0 aliphatic carbocycles. The number of aromatic nitrogens is 2. The van der Waals surface area contributed by atoms with Crippen LogP contribution >= 0.6 is 0 Å². The number of nitrogens with one attached hydrogen (secondary N) is 2. The Kier molecular flexibility index (Phi) is 7.28. The smallest absolute Gasteiger partial charge is 0.292 e. The summed E-state index contributed by atoms with van der Waals surface area (Å²) >= 11 is 0. The lowest BCUT2D eigenvalue weighted by Gasteiger charge is -2.10. The van der Waals surface area contributed by atoms with Crippen LogP contribution in [-0.2, 0) is 0 Å². The second kappa shape index (κ2) is 11.3. The molecule has 0 bridgehead atoms. The lowest BCUT2D eigenvalue weighted by molar-refractivity contribution is -0.393. The highest BCUT2D eigenvalue weighted by atomic mass is 16.6. The zero-order valence-corrected chi connectivity index (χ0v) is 21.1. The fourth-order valence-corrected chi connectivity index (χ4v) is 4.22. The highest BCUT2D eigenvalue weighted by Crippen LogP contribution is 2.32. The van der Waals surface area contributed by atoms with Crippen molar-refractivity contribution in [3.05, 3.63) is 146 Å². The van der Waals surface area contributed by atoms with Crippen LogP contribution in [0.2, 0.25) is 0 Å². The van der Waals surface area contributed by atoms with Crippen LogP contribution in [-0.4, -0.2) is 31.3 Å². The lowest BCUT2D eigenvalue weighted by Crippen LogP contribution is -2.31. The van der Waals surface area contributed by atoms with Gasteiger partial charge in [0, 0.05) is 17.2 Å². The molecule has 1 heterocycles. The predicted molar refractivity (Wildman–Crippen MR) is 150 cm³/mol. The van der Waals surface area contributed by atoms with Gasteiger partial charge in [0.2, 0.25) is 0 Å². The quantitative estimate of drug-likeness (QED) is 0.142. The van der Waals surface area contributed by atoms with E-state index in [0.29, 0.717) is 22.5 Å². The molecule has 5 aromatic rings. The first-order valence-corrected chi connectivity index (χ1v) is 12.2. The number of non-ortho nitro benzene ring substituents is 1. The summed E-state index contributed by atoms with van der Waals surface area (Å²) in [7, 11) is 0. The summed E-state index contributed by atoms with van der Waals surface area (Å²) in [6, 6.07) is 29.3. The molecule has 4 aromatic carbocycles. The van der Waals surface area contributed by atoms with E-state index in [-0.39, 0.29) is 16.9 Å². The van der Waals surface area contributed by atoms with Crippen molar-refractivity contribution < 1.29 is 19.4 Å². The van der Waals surface area contributed by atoms with Gasteiger partial charge in [0.1, 0.15) is 5.69 Å². The molecule has 0 unspecified atom stereocenters. The molecule has 0 radical (unpaired) electrons. The van der Waals surface area contributed by atoms with E-state index in [1.165, 1.54) is 4.68 Å². The average molecular weight is 549 g/mol. The number of ketones is 1. The van der Waals surface area contributed by atoms with Crippen molar-refractivity contribution in [2.24, 2.45) is 0 Å². The van der Waals surface area contributed by atoms with E-state index in [1.54, 1.807) is 78.9 Å². The number of hydrogen-bond donors (Lipinski definition) is 2. The van der Waals surface area contributed by atoms with Crippen LogP contribution in [0.25, 0.3) is 16.9 Å². The molecule has 0 aliphatic rings. The Morgan fingerprint density at radius 2 is 1.37 bits per heavy atom. The molecule has 202 valence electrons. The highest BCUT2D eigenvalue weighted by Gasteiger charge is 2.30. The molecule has 12 nitrogen and oxygen atoms in total. The third kappa shape index (κ3) is 5.38. The summed E-state index contributed by atoms with van der Waals surface area (Å²) < 4.78 is 1.49. The van der Waals surface area contributed by atoms with Gasteiger partial charge in [0.05, 0.1) is 32.9 Å². The van der Waals surface area contributed by atoms with Gasteiger partial charge < -0.3 is 0 Å². The van der Waals surface area contributed by atoms with Gasteiger partial charge in [-0.25, -0.2) is 4.68 Å². The van der Waals surface area contributed by atoms with Crippen molar-refractivity contribution in [3.8, 4) is 16.9 Å². The fraction of sp³-hybridized carbons (Fsp3) is 0. The van der Waals surface area contributed by atoms with Crippen LogP contribution in [0.1, 0.15) is 26.4 Å². The van der Waals surface area contributed by atoms with E-state index in [4.69, 9.17) is 0 Å². The number of amides is 1. The third-order valence-corrected chi connectivity index (χ3v) is 6.11. The molecule has 0 saturated heterocycles. The largest absolute Gasteiger partial charge is 0.300 e. The number of nitro benzene ring substituents is 2. The monoisotopic (exact) mass is 548 g/mol. The van der Waals surface area contributed by atoms with Crippen molar-refractivity contribution in [3.63, 3.8) is 0 Å². The summed E-state index contributed by atoms with van der Waals surface area (Å²) in [5.41, 5.74) is 5.19. The van der Waals surface area contributed by atoms with Crippen LogP contribution < -0.4 is 10.9 Å². The number of nitrogens with zero attached hydrogens (tertiary/aromatic N) is 4. The number of carbonyl (C=O) groups excluding carboxylic acids is 2. The first-order valence-electron chi connectivity index (χ1n) is 12.2. The minimum Gasteiger partial charge on any atom is -0.292 e. The van der Waals surface area contributed by atoms with E-state index in [1.807, 2.05) is 12.1 Å². The van der Waals surface area contributed by atoms with Crippen molar-refractivity contribution in [2.45, 2.75) is 0 Å². The minimum absolute atomic E-state index is 0.0174. The van der Waals surface area contributed by atoms with Gasteiger partial charge in [0.25, 0.3) is 11.6 Å². The number of benzene rings is 4. The van der Waals surface area contributed by atoms with Crippen LogP contribution in [0.5, 0.6) is 0 Å². The van der Waals surface area contributed by atoms with Crippen molar-refractivity contribution in [1.82, 2.24) is 15.2 Å². The van der Waals surface area contributed by atoms with Gasteiger partial charge >= 0.3 is 5.69 Å². The zero-order chi connectivity index (χ0) is 28.9. The summed E-state index contributed by atoms with van der Waals surface area (Å²) in [5, 5.41) is 27.1. The van der Waals surface area contributed by atoms with Crippen LogP contribution in [0, 0.1) is 20.2 Å². The summed E-state index contributed by atoms with van der Waals surface area (Å²) in [6.07, 6.45) is 0. The Hall–Kier alpha value is -6.17. The molecule has 0 atom stereocenters. The normalized spacial score (nSPS) is 10.5. The van der Waals surface area contributed by atoms with E-state index in [2.05, 4.69) is 16.0 Å². The molecule has 2 N–H and O–H groups in total. The molecule has 0 spiro atoms. The second-order valence-electron chi connectivity index (χ2n) is 8.68. The number of hydrogen-bond acceptors (Lipinski definition) is 8. The Labute approximate surface area is 232 Å². The third-order valence-electron chi connectivity index (χ3n) is 6.11. The molecule has 5 rings (SSSR count). The molecular weight excluding hydrogens is 528 g/mol. The Morgan fingerprint density at radius 1 is 0.756 bits per heavy atom. The molecule has 1 aromatic heterocycles. The standard InChI is InChI=1S/C29H20N6O6/c36-28(20-12-6-2-7-13-20)25-26(29(37)31-30-23-17-16-22(34(38)39)18-24(23)35(40)41)32-33(21-14-8-3-9-15-21)27(25)19-10-4-1-5-11-19/h1-18,30H,(H,31,37). The van der Waals surface area contributed by atoms with Crippen molar-refractivity contribution in [2.75, 3.05) is 5.43 Å². The number of anilines is 1. The van der Waals surface area contributed by atoms with Gasteiger partial charge in [-0.05, 0) is 18.2 Å². The van der Waals surface area contributed by atoms with Gasteiger partial charge in [0.15, 0.2) is 11.5 Å². The van der Waals surface area contributed by atoms with Gasteiger partial charge in [-0.15, -0.1) is 0 Å². The van der Waals surface area contributed by atoms with E-state index < -0.39 is 32.9 Å². The Morgan fingerprint density at radius 3 is 1.98 bits per heavy atom. The van der Waals surface area contributed by atoms with Gasteiger partial charge in [-0.2, -0.15) is 5.10 Å². The minimum atomic E-state index is -0.858. The molecule has 0 fully saturated rings. The SMILES string of the molecule is O=C(NNc1ccc([N+](=O)[O-])cc1[N+](=O)[O-])c1nn(-c2ccccc2)c(-c2ccccc2)c1C(=O)c1ccccc1. The van der Waals surface area contributed by atoms with E-state index in [0.717, 1.165) is 18.2 Å². The molecular formula is C29H20N6O6. The first kappa shape index (κ1) is 26.4. The molecule has 41 heavy (non-hydrogen) atoms. The number of nitro groups is 2. The Balaban J connectivity index is 1.63. The number of rotatable bonds is 9. The number of carbonyl (C=O) groups is 2. The predicted octanol–water partition coefficient (Wildman–Crippen LogP) is 5.34. The van der Waals surface area contributed by atoms with Crippen molar-refractivity contribution in [1.29, 1.82) is 0 Å². The average Bonchev–Trinajstić information content (AvgIpc) is 3.41. The number of hydrazine groups is 1. The highest BCUT2D eigenvalue weighted by molar-refractivity contribution is 6.18. The van der Waals surface area contributed by atoms with E-state index in [9.17, 15) is 29.8 Å². The maximum Gasteiger partial charge on any atom is 0.300 e. The molecule has 1 amide bonds.